The lowest BCUT2D eigenvalue weighted by molar-refractivity contribution is -0.143. The highest BCUT2D eigenvalue weighted by Crippen LogP contribution is 2.32. The van der Waals surface area contributed by atoms with Gasteiger partial charge in [-0.3, -0.25) is 4.79 Å². The Balaban J connectivity index is 1.32. The minimum absolute atomic E-state index is 0.0914. The fourth-order valence-corrected chi connectivity index (χ4v) is 5.15. The molecule has 0 aliphatic heterocycles. The van der Waals surface area contributed by atoms with Crippen LogP contribution in [-0.2, 0) is 16.1 Å². The predicted molar refractivity (Wildman–Crippen MR) is 130 cm³/mol. The number of benzene rings is 1. The SMILES string of the molecule is Cc1noc(-c2ccc(O[C@H]3CCC[C@H](C(=O)O)C3)cc2)c1COC(=O)N(C)CCC1CCCC1. The molecule has 0 bridgehead atoms. The van der Waals surface area contributed by atoms with Crippen molar-refractivity contribution in [3.63, 3.8) is 0 Å². The molecule has 1 aromatic heterocycles. The van der Waals surface area contributed by atoms with Crippen LogP contribution >= 0.6 is 0 Å². The van der Waals surface area contributed by atoms with E-state index in [4.69, 9.17) is 14.0 Å². The van der Waals surface area contributed by atoms with Gasteiger partial charge < -0.3 is 24.0 Å². The molecule has 35 heavy (non-hydrogen) atoms. The number of hydrogen-bond donors (Lipinski definition) is 1. The number of carbonyl (C=O) groups excluding carboxylic acids is 1. The second kappa shape index (κ2) is 11.6. The van der Waals surface area contributed by atoms with Crippen LogP contribution in [0.4, 0.5) is 4.79 Å². The summed E-state index contributed by atoms with van der Waals surface area (Å²) in [5.41, 5.74) is 2.24. The highest BCUT2D eigenvalue weighted by atomic mass is 16.6. The average Bonchev–Trinajstić information content (AvgIpc) is 3.51. The Labute approximate surface area is 206 Å². The van der Waals surface area contributed by atoms with Gasteiger partial charge in [0.1, 0.15) is 12.4 Å². The smallest absolute Gasteiger partial charge is 0.409 e. The van der Waals surface area contributed by atoms with Crippen molar-refractivity contribution in [3.05, 3.63) is 35.5 Å². The van der Waals surface area contributed by atoms with Crippen molar-refractivity contribution in [1.29, 1.82) is 0 Å². The maximum Gasteiger partial charge on any atom is 0.409 e. The minimum atomic E-state index is -0.748. The molecule has 0 spiro atoms. The van der Waals surface area contributed by atoms with Crippen LogP contribution in [0, 0.1) is 18.8 Å². The molecule has 1 heterocycles. The van der Waals surface area contributed by atoms with E-state index in [0.717, 1.165) is 36.3 Å². The molecule has 2 fully saturated rings. The highest BCUT2D eigenvalue weighted by molar-refractivity contribution is 5.70. The molecular formula is C27H36N2O6. The Hall–Kier alpha value is -3.03. The molecule has 8 nitrogen and oxygen atoms in total. The number of ether oxygens (including phenoxy) is 2. The van der Waals surface area contributed by atoms with Crippen LogP contribution in [0.25, 0.3) is 11.3 Å². The number of carboxylic acid groups (broad SMARTS) is 1. The van der Waals surface area contributed by atoms with Crippen molar-refractivity contribution in [2.24, 2.45) is 11.8 Å². The first kappa shape index (κ1) is 25.1. The van der Waals surface area contributed by atoms with Crippen LogP contribution in [0.15, 0.2) is 28.8 Å². The van der Waals surface area contributed by atoms with E-state index >= 15 is 0 Å². The van der Waals surface area contributed by atoms with Crippen LogP contribution in [0.2, 0.25) is 0 Å². The van der Waals surface area contributed by atoms with E-state index < -0.39 is 5.97 Å². The van der Waals surface area contributed by atoms with Crippen molar-refractivity contribution in [2.45, 2.75) is 77.4 Å². The van der Waals surface area contributed by atoms with Gasteiger partial charge in [0.15, 0.2) is 5.76 Å². The fourth-order valence-electron chi connectivity index (χ4n) is 5.15. The van der Waals surface area contributed by atoms with Gasteiger partial charge in [0.2, 0.25) is 0 Å². The Morgan fingerprint density at radius 2 is 1.86 bits per heavy atom. The van der Waals surface area contributed by atoms with Gasteiger partial charge in [0, 0.05) is 19.2 Å². The maximum absolute atomic E-state index is 12.5. The molecule has 2 saturated carbocycles. The largest absolute Gasteiger partial charge is 0.490 e. The number of rotatable bonds is 9. The first-order chi connectivity index (χ1) is 16.9. The summed E-state index contributed by atoms with van der Waals surface area (Å²) in [4.78, 5) is 25.4. The van der Waals surface area contributed by atoms with E-state index in [1.54, 1.807) is 11.9 Å². The molecule has 4 rings (SSSR count). The third-order valence-electron chi connectivity index (χ3n) is 7.38. The quantitative estimate of drug-likeness (QED) is 0.478. The summed E-state index contributed by atoms with van der Waals surface area (Å²) < 4.78 is 17.2. The van der Waals surface area contributed by atoms with Crippen molar-refractivity contribution in [3.8, 4) is 17.1 Å². The van der Waals surface area contributed by atoms with Crippen molar-refractivity contribution < 1.29 is 28.7 Å². The number of nitrogens with zero attached hydrogens (tertiary/aromatic N) is 2. The molecule has 2 aliphatic carbocycles. The molecule has 8 heteroatoms. The summed E-state index contributed by atoms with van der Waals surface area (Å²) in [5, 5.41) is 13.4. The number of carbonyl (C=O) groups is 2. The molecule has 1 aromatic carbocycles. The van der Waals surface area contributed by atoms with Crippen LogP contribution in [-0.4, -0.2) is 46.9 Å². The van der Waals surface area contributed by atoms with Crippen molar-refractivity contribution in [2.75, 3.05) is 13.6 Å². The predicted octanol–water partition coefficient (Wildman–Crippen LogP) is 5.82. The molecule has 1 amide bonds. The molecule has 190 valence electrons. The molecule has 1 N–H and O–H groups in total. The summed E-state index contributed by atoms with van der Waals surface area (Å²) in [6.07, 6.45) is 8.67. The van der Waals surface area contributed by atoms with Gasteiger partial charge in [-0.05, 0) is 69.2 Å². The number of carboxylic acids is 1. The summed E-state index contributed by atoms with van der Waals surface area (Å²) in [5.74, 6) is 0.901. The Morgan fingerprint density at radius 1 is 1.11 bits per heavy atom. The highest BCUT2D eigenvalue weighted by Gasteiger charge is 2.28. The first-order valence-corrected chi connectivity index (χ1v) is 12.7. The van der Waals surface area contributed by atoms with Gasteiger partial charge in [0.25, 0.3) is 0 Å². The van der Waals surface area contributed by atoms with E-state index in [1.807, 2.05) is 31.2 Å². The summed E-state index contributed by atoms with van der Waals surface area (Å²) in [7, 11) is 1.78. The summed E-state index contributed by atoms with van der Waals surface area (Å²) in [6, 6.07) is 7.46. The third-order valence-corrected chi connectivity index (χ3v) is 7.38. The third kappa shape index (κ3) is 6.55. The van der Waals surface area contributed by atoms with E-state index in [1.165, 1.54) is 25.7 Å². The first-order valence-electron chi connectivity index (χ1n) is 12.7. The Bertz CT molecular complexity index is 996. The topological polar surface area (TPSA) is 102 Å². The number of aryl methyl sites for hydroxylation is 1. The van der Waals surface area contributed by atoms with E-state index in [2.05, 4.69) is 5.16 Å². The normalized spacial score (nSPS) is 20.5. The molecule has 0 saturated heterocycles. The van der Waals surface area contributed by atoms with Crippen LogP contribution < -0.4 is 4.74 Å². The molecule has 2 aliphatic rings. The van der Waals surface area contributed by atoms with E-state index in [9.17, 15) is 14.7 Å². The summed E-state index contributed by atoms with van der Waals surface area (Å²) in [6.45, 7) is 2.63. The lowest BCUT2D eigenvalue weighted by atomic mass is 9.87. The van der Waals surface area contributed by atoms with Gasteiger partial charge in [-0.15, -0.1) is 0 Å². The minimum Gasteiger partial charge on any atom is -0.490 e. The van der Waals surface area contributed by atoms with Crippen LogP contribution in [0.1, 0.15) is 69.0 Å². The van der Waals surface area contributed by atoms with Gasteiger partial charge in [-0.1, -0.05) is 30.8 Å². The Morgan fingerprint density at radius 3 is 2.57 bits per heavy atom. The fraction of sp³-hybridized carbons (Fsp3) is 0.593. The van der Waals surface area contributed by atoms with Crippen LogP contribution in [0.5, 0.6) is 5.75 Å². The standard InChI is InChI=1S/C27H36N2O6/c1-18-24(17-33-27(32)29(2)15-14-19-6-3-4-7-19)25(35-28-18)20-10-12-22(13-11-20)34-23-9-5-8-21(16-23)26(30)31/h10-13,19,21,23H,3-9,14-17H2,1-2H3,(H,30,31)/t21-,23-/m0/s1. The van der Waals surface area contributed by atoms with E-state index in [-0.39, 0.29) is 24.7 Å². The number of hydrogen-bond acceptors (Lipinski definition) is 6. The molecule has 2 aromatic rings. The number of amides is 1. The molecular weight excluding hydrogens is 448 g/mol. The van der Waals surface area contributed by atoms with Gasteiger partial charge >= 0.3 is 12.1 Å². The maximum atomic E-state index is 12.5. The van der Waals surface area contributed by atoms with Crippen molar-refractivity contribution in [1.82, 2.24) is 10.1 Å². The lowest BCUT2D eigenvalue weighted by Gasteiger charge is -2.27. The number of aliphatic carboxylic acids is 1. The lowest BCUT2D eigenvalue weighted by Crippen LogP contribution is -2.29. The van der Waals surface area contributed by atoms with Gasteiger partial charge in [0.05, 0.1) is 23.3 Å². The zero-order valence-electron chi connectivity index (χ0n) is 20.7. The Kier molecular flexibility index (Phi) is 8.31. The molecule has 0 unspecified atom stereocenters. The number of aromatic nitrogens is 1. The average molecular weight is 485 g/mol. The monoisotopic (exact) mass is 484 g/mol. The zero-order valence-corrected chi connectivity index (χ0v) is 20.7. The molecule has 2 atom stereocenters. The van der Waals surface area contributed by atoms with E-state index in [0.29, 0.717) is 36.6 Å². The molecule has 0 radical (unpaired) electrons. The van der Waals surface area contributed by atoms with Crippen LogP contribution in [0.3, 0.4) is 0 Å². The second-order valence-corrected chi connectivity index (χ2v) is 9.96. The van der Waals surface area contributed by atoms with Gasteiger partial charge in [-0.2, -0.15) is 0 Å². The summed E-state index contributed by atoms with van der Waals surface area (Å²) >= 11 is 0. The second-order valence-electron chi connectivity index (χ2n) is 9.96. The zero-order chi connectivity index (χ0) is 24.8. The van der Waals surface area contributed by atoms with Crippen molar-refractivity contribution >= 4 is 12.1 Å². The van der Waals surface area contributed by atoms with Gasteiger partial charge in [-0.25, -0.2) is 4.79 Å².